The molecule has 2 rings (SSSR count). The Morgan fingerprint density at radius 3 is 3.00 bits per heavy atom. The number of rotatable bonds is 5. The summed E-state index contributed by atoms with van der Waals surface area (Å²) in [5.74, 6) is -0.490. The number of nitrogens with zero attached hydrogens (tertiary/aromatic N) is 1. The molecule has 0 spiro atoms. The van der Waals surface area contributed by atoms with Crippen LogP contribution in [0.4, 0.5) is 10.1 Å². The Kier molecular flexibility index (Phi) is 4.40. The van der Waals surface area contributed by atoms with Crippen molar-refractivity contribution < 1.29 is 13.9 Å². The molecule has 0 N–H and O–H groups in total. The van der Waals surface area contributed by atoms with E-state index in [0.717, 1.165) is 43.5 Å². The summed E-state index contributed by atoms with van der Waals surface area (Å²) in [5.41, 5.74) is 1.94. The number of methoxy groups -OCH3 is 1. The second-order valence-corrected chi connectivity index (χ2v) is 4.90. The van der Waals surface area contributed by atoms with Crippen LogP contribution in [-0.4, -0.2) is 25.7 Å². The van der Waals surface area contributed by atoms with Gasteiger partial charge in [0, 0.05) is 12.2 Å². The molecule has 0 aromatic heterocycles. The van der Waals surface area contributed by atoms with Crippen LogP contribution in [0.1, 0.15) is 31.7 Å². The van der Waals surface area contributed by atoms with E-state index < -0.39 is 0 Å². The first-order valence-corrected chi connectivity index (χ1v) is 6.80. The van der Waals surface area contributed by atoms with E-state index in [1.807, 2.05) is 4.90 Å². The van der Waals surface area contributed by atoms with E-state index in [9.17, 15) is 9.18 Å². The first-order chi connectivity index (χ1) is 9.17. The Labute approximate surface area is 113 Å². The number of ether oxygens (including phenoxy) is 1. The highest BCUT2D eigenvalue weighted by molar-refractivity contribution is 5.81. The van der Waals surface area contributed by atoms with E-state index in [1.54, 1.807) is 6.07 Å². The third-order valence-corrected chi connectivity index (χ3v) is 3.66. The Hall–Kier alpha value is -1.58. The molecular weight excluding hydrogens is 245 g/mol. The molecule has 0 bridgehead atoms. The third-order valence-electron chi connectivity index (χ3n) is 3.66. The quantitative estimate of drug-likeness (QED) is 0.767. The zero-order chi connectivity index (χ0) is 13.8. The maximum Gasteiger partial charge on any atom is 0.328 e. The number of benzene rings is 1. The molecule has 0 amide bonds. The summed E-state index contributed by atoms with van der Waals surface area (Å²) in [6.45, 7) is 2.84. The van der Waals surface area contributed by atoms with Gasteiger partial charge < -0.3 is 9.64 Å². The van der Waals surface area contributed by atoms with Crippen LogP contribution in [-0.2, 0) is 16.0 Å². The summed E-state index contributed by atoms with van der Waals surface area (Å²) in [7, 11) is 1.41. The molecule has 1 aliphatic heterocycles. The average molecular weight is 265 g/mol. The molecule has 1 unspecified atom stereocenters. The summed E-state index contributed by atoms with van der Waals surface area (Å²) in [4.78, 5) is 13.9. The van der Waals surface area contributed by atoms with Crippen LogP contribution < -0.4 is 4.90 Å². The predicted molar refractivity (Wildman–Crippen MR) is 72.8 cm³/mol. The summed E-state index contributed by atoms with van der Waals surface area (Å²) in [6, 6.07) is 4.50. The van der Waals surface area contributed by atoms with Crippen LogP contribution in [0, 0.1) is 5.82 Å². The lowest BCUT2D eigenvalue weighted by Gasteiger charge is -2.28. The SMILES string of the molecule is CCCCC(C(=O)OC)N1CCc2ccc(F)cc21. The average Bonchev–Trinajstić information content (AvgIpc) is 2.82. The largest absolute Gasteiger partial charge is 0.467 e. The molecular formula is C15H20FNO2. The van der Waals surface area contributed by atoms with Crippen LogP contribution in [0.3, 0.4) is 0 Å². The summed E-state index contributed by atoms with van der Waals surface area (Å²) >= 11 is 0. The Morgan fingerprint density at radius 2 is 2.32 bits per heavy atom. The normalized spacial score (nSPS) is 15.2. The van der Waals surface area contributed by atoms with E-state index in [0.29, 0.717) is 0 Å². The first kappa shape index (κ1) is 13.8. The van der Waals surface area contributed by atoms with Crippen molar-refractivity contribution in [3.63, 3.8) is 0 Å². The maximum absolute atomic E-state index is 13.4. The second kappa shape index (κ2) is 6.04. The fraction of sp³-hybridized carbons (Fsp3) is 0.533. The number of anilines is 1. The minimum Gasteiger partial charge on any atom is -0.467 e. The van der Waals surface area contributed by atoms with Crippen LogP contribution >= 0.6 is 0 Å². The fourth-order valence-corrected chi connectivity index (χ4v) is 2.64. The van der Waals surface area contributed by atoms with Crippen molar-refractivity contribution in [1.82, 2.24) is 0 Å². The lowest BCUT2D eigenvalue weighted by molar-refractivity contribution is -0.142. The highest BCUT2D eigenvalue weighted by atomic mass is 19.1. The van der Waals surface area contributed by atoms with Gasteiger partial charge in [0.15, 0.2) is 0 Å². The summed E-state index contributed by atoms with van der Waals surface area (Å²) in [6.07, 6.45) is 3.59. The molecule has 104 valence electrons. The molecule has 0 aliphatic carbocycles. The Morgan fingerprint density at radius 1 is 1.53 bits per heavy atom. The lowest BCUT2D eigenvalue weighted by Crippen LogP contribution is -2.41. The minimum atomic E-state index is -0.298. The lowest BCUT2D eigenvalue weighted by atomic mass is 10.1. The molecule has 0 fully saturated rings. The number of hydrogen-bond acceptors (Lipinski definition) is 3. The highest BCUT2D eigenvalue weighted by Crippen LogP contribution is 2.31. The predicted octanol–water partition coefficient (Wildman–Crippen LogP) is 2.92. The van der Waals surface area contributed by atoms with E-state index >= 15 is 0 Å². The van der Waals surface area contributed by atoms with Gasteiger partial charge in [0.05, 0.1) is 7.11 Å². The van der Waals surface area contributed by atoms with Crippen LogP contribution in [0.25, 0.3) is 0 Å². The van der Waals surface area contributed by atoms with Gasteiger partial charge in [-0.15, -0.1) is 0 Å². The Bertz CT molecular complexity index is 461. The molecule has 3 nitrogen and oxygen atoms in total. The van der Waals surface area contributed by atoms with Gasteiger partial charge in [-0.05, 0) is 30.5 Å². The van der Waals surface area contributed by atoms with Gasteiger partial charge in [0.2, 0.25) is 0 Å². The van der Waals surface area contributed by atoms with Crippen molar-refractivity contribution in [1.29, 1.82) is 0 Å². The maximum atomic E-state index is 13.4. The molecule has 1 atom stereocenters. The van der Waals surface area contributed by atoms with Crippen LogP contribution in [0.15, 0.2) is 18.2 Å². The van der Waals surface area contributed by atoms with Gasteiger partial charge in [-0.25, -0.2) is 9.18 Å². The van der Waals surface area contributed by atoms with Gasteiger partial charge in [-0.2, -0.15) is 0 Å². The molecule has 4 heteroatoms. The van der Waals surface area contributed by atoms with Crippen molar-refractivity contribution in [2.75, 3.05) is 18.6 Å². The zero-order valence-corrected chi connectivity index (χ0v) is 11.5. The highest BCUT2D eigenvalue weighted by Gasteiger charge is 2.31. The van der Waals surface area contributed by atoms with Crippen molar-refractivity contribution >= 4 is 11.7 Å². The summed E-state index contributed by atoms with van der Waals surface area (Å²) in [5, 5.41) is 0. The Balaban J connectivity index is 2.24. The van der Waals surface area contributed by atoms with Gasteiger partial charge in [-0.3, -0.25) is 0 Å². The third kappa shape index (κ3) is 2.88. The molecule has 1 aliphatic rings. The van der Waals surface area contributed by atoms with Crippen molar-refractivity contribution in [2.45, 2.75) is 38.6 Å². The van der Waals surface area contributed by atoms with E-state index in [1.165, 1.54) is 19.2 Å². The van der Waals surface area contributed by atoms with Crippen molar-refractivity contribution in [2.24, 2.45) is 0 Å². The first-order valence-electron chi connectivity index (χ1n) is 6.80. The number of esters is 1. The number of hydrogen-bond donors (Lipinski definition) is 0. The van der Waals surface area contributed by atoms with E-state index in [-0.39, 0.29) is 17.8 Å². The molecule has 1 aromatic carbocycles. The second-order valence-electron chi connectivity index (χ2n) is 4.90. The van der Waals surface area contributed by atoms with Gasteiger partial charge in [0.25, 0.3) is 0 Å². The van der Waals surface area contributed by atoms with Gasteiger partial charge >= 0.3 is 5.97 Å². The van der Waals surface area contributed by atoms with Gasteiger partial charge in [-0.1, -0.05) is 25.8 Å². The number of carbonyl (C=O) groups excluding carboxylic acids is 1. The monoisotopic (exact) mass is 265 g/mol. The van der Waals surface area contributed by atoms with Gasteiger partial charge in [0.1, 0.15) is 11.9 Å². The number of halogens is 1. The van der Waals surface area contributed by atoms with Crippen LogP contribution in [0.2, 0.25) is 0 Å². The zero-order valence-electron chi connectivity index (χ0n) is 11.5. The smallest absolute Gasteiger partial charge is 0.328 e. The number of fused-ring (bicyclic) bond motifs is 1. The van der Waals surface area contributed by atoms with Crippen LogP contribution in [0.5, 0.6) is 0 Å². The molecule has 0 saturated heterocycles. The number of unbranched alkanes of at least 4 members (excludes halogenated alkanes) is 1. The topological polar surface area (TPSA) is 29.5 Å². The van der Waals surface area contributed by atoms with E-state index in [2.05, 4.69) is 6.92 Å². The van der Waals surface area contributed by atoms with Crippen molar-refractivity contribution in [3.8, 4) is 0 Å². The molecule has 19 heavy (non-hydrogen) atoms. The molecule has 1 heterocycles. The molecule has 0 radical (unpaired) electrons. The fourth-order valence-electron chi connectivity index (χ4n) is 2.64. The minimum absolute atomic E-state index is 0.231. The summed E-state index contributed by atoms with van der Waals surface area (Å²) < 4.78 is 18.3. The molecule has 0 saturated carbocycles. The van der Waals surface area contributed by atoms with Crippen molar-refractivity contribution in [3.05, 3.63) is 29.6 Å². The standard InChI is InChI=1S/C15H20FNO2/c1-3-4-5-13(15(18)19-2)17-9-8-11-6-7-12(16)10-14(11)17/h6-7,10,13H,3-5,8-9H2,1-2H3. The van der Waals surface area contributed by atoms with E-state index in [4.69, 9.17) is 4.74 Å². The molecule has 1 aromatic rings. The number of carbonyl (C=O) groups is 1.